The van der Waals surface area contributed by atoms with Crippen molar-refractivity contribution in [1.82, 2.24) is 10.2 Å². The summed E-state index contributed by atoms with van der Waals surface area (Å²) >= 11 is 0. The minimum absolute atomic E-state index is 0.0342. The Morgan fingerprint density at radius 2 is 1.82 bits per heavy atom. The van der Waals surface area contributed by atoms with Crippen molar-refractivity contribution in [3.63, 3.8) is 0 Å². The molecule has 0 bridgehead atoms. The van der Waals surface area contributed by atoms with Crippen molar-refractivity contribution in [2.45, 2.75) is 6.92 Å². The van der Waals surface area contributed by atoms with E-state index in [2.05, 4.69) is 52.5 Å². The molecule has 0 radical (unpaired) electrons. The molecule has 7 heteroatoms. The van der Waals surface area contributed by atoms with E-state index in [-0.39, 0.29) is 5.57 Å². The van der Waals surface area contributed by atoms with Crippen LogP contribution in [0.5, 0.6) is 0 Å². The summed E-state index contributed by atoms with van der Waals surface area (Å²) in [5.74, 6) is 0.757. The molecule has 3 aromatic rings. The molecule has 0 saturated carbocycles. The van der Waals surface area contributed by atoms with Gasteiger partial charge in [-0.2, -0.15) is 5.26 Å². The Balaban J connectivity index is 1.55. The van der Waals surface area contributed by atoms with Gasteiger partial charge >= 0.3 is 0 Å². The average molecular weight is 459 g/mol. The zero-order valence-electron chi connectivity index (χ0n) is 19.9. The van der Waals surface area contributed by atoms with Crippen molar-refractivity contribution >= 4 is 27.9 Å². The maximum absolute atomic E-state index is 12.4. The summed E-state index contributed by atoms with van der Waals surface area (Å²) in [4.78, 5) is 17.1. The number of nitrogens with one attached hydrogen (secondary N) is 1. The number of furan rings is 1. The third-order valence-electron chi connectivity index (χ3n) is 6.26. The maximum atomic E-state index is 12.4. The molecule has 1 N–H and O–H groups in total. The van der Waals surface area contributed by atoms with Gasteiger partial charge < -0.3 is 24.3 Å². The predicted octanol–water partition coefficient (Wildman–Crippen LogP) is 3.91. The summed E-state index contributed by atoms with van der Waals surface area (Å²) in [6.45, 7) is 6.67. The Bertz CT molecular complexity index is 1250. The van der Waals surface area contributed by atoms with Gasteiger partial charge in [0.2, 0.25) is 0 Å². The monoisotopic (exact) mass is 458 g/mol. The van der Waals surface area contributed by atoms with Crippen LogP contribution in [0.1, 0.15) is 12.7 Å². The van der Waals surface area contributed by atoms with Gasteiger partial charge in [-0.05, 0) is 55.1 Å². The molecule has 2 aromatic carbocycles. The average Bonchev–Trinajstić information content (AvgIpc) is 3.35. The fraction of sp³-hybridized carbons (Fsp3) is 0.333. The van der Waals surface area contributed by atoms with E-state index in [4.69, 9.17) is 9.15 Å². The number of rotatable bonds is 7. The molecule has 4 rings (SSSR count). The number of anilines is 1. The highest BCUT2D eigenvalue weighted by Crippen LogP contribution is 2.31. The number of benzene rings is 2. The first-order valence-corrected chi connectivity index (χ1v) is 11.5. The molecule has 34 heavy (non-hydrogen) atoms. The van der Waals surface area contributed by atoms with Gasteiger partial charge in [0, 0.05) is 56.7 Å². The number of piperazine rings is 1. The molecule has 1 aliphatic rings. The van der Waals surface area contributed by atoms with Crippen molar-refractivity contribution < 1.29 is 13.9 Å². The van der Waals surface area contributed by atoms with Gasteiger partial charge in [-0.25, -0.2) is 0 Å². The molecule has 1 amide bonds. The van der Waals surface area contributed by atoms with Crippen molar-refractivity contribution in [3.8, 4) is 17.4 Å². The van der Waals surface area contributed by atoms with Crippen LogP contribution in [0, 0.1) is 11.3 Å². The number of amides is 1. The lowest BCUT2D eigenvalue weighted by molar-refractivity contribution is -0.117. The van der Waals surface area contributed by atoms with Gasteiger partial charge in [0.05, 0.1) is 6.61 Å². The molecule has 176 valence electrons. The summed E-state index contributed by atoms with van der Waals surface area (Å²) in [5, 5.41) is 14.5. The highest BCUT2D eigenvalue weighted by Gasteiger charge is 2.17. The van der Waals surface area contributed by atoms with Crippen LogP contribution >= 0.6 is 0 Å². The van der Waals surface area contributed by atoms with Gasteiger partial charge in [0.1, 0.15) is 23.2 Å². The molecule has 0 aliphatic carbocycles. The Hall–Kier alpha value is -3.60. The zero-order valence-corrected chi connectivity index (χ0v) is 19.9. The number of carbonyl (C=O) groups is 1. The van der Waals surface area contributed by atoms with E-state index in [1.165, 1.54) is 11.1 Å². The Kier molecular flexibility index (Phi) is 7.31. The van der Waals surface area contributed by atoms with Gasteiger partial charge in [-0.15, -0.1) is 0 Å². The molecule has 7 nitrogen and oxygen atoms in total. The van der Waals surface area contributed by atoms with E-state index in [1.807, 2.05) is 18.2 Å². The lowest BCUT2D eigenvalue weighted by Crippen LogP contribution is -2.44. The van der Waals surface area contributed by atoms with Crippen LogP contribution in [0.2, 0.25) is 0 Å². The summed E-state index contributed by atoms with van der Waals surface area (Å²) in [6.07, 6.45) is 0. The van der Waals surface area contributed by atoms with E-state index in [0.717, 1.165) is 37.1 Å². The molecule has 0 unspecified atom stereocenters. The molecule has 1 aromatic heterocycles. The SMILES string of the molecule is COCCNC(=O)/C(C#N)=C(\C)c1ccc(-c2ccc3cc(N4CCN(C)CC4)ccc3c2)o1. The summed E-state index contributed by atoms with van der Waals surface area (Å²) in [5.41, 5.74) is 2.73. The third-order valence-corrected chi connectivity index (χ3v) is 6.26. The minimum atomic E-state index is -0.433. The second-order valence-corrected chi connectivity index (χ2v) is 8.56. The van der Waals surface area contributed by atoms with Gasteiger partial charge in [-0.3, -0.25) is 4.79 Å². The van der Waals surface area contributed by atoms with E-state index < -0.39 is 5.91 Å². The second-order valence-electron chi connectivity index (χ2n) is 8.56. The zero-order chi connectivity index (χ0) is 24.1. The molecule has 0 atom stereocenters. The van der Waals surface area contributed by atoms with Crippen LogP contribution in [0.4, 0.5) is 5.69 Å². The summed E-state index contributed by atoms with van der Waals surface area (Å²) in [6, 6.07) is 18.5. The number of nitrogens with zero attached hydrogens (tertiary/aromatic N) is 3. The fourth-order valence-electron chi connectivity index (χ4n) is 4.13. The number of ether oxygens (including phenoxy) is 1. The number of hydrogen-bond donors (Lipinski definition) is 1. The van der Waals surface area contributed by atoms with Crippen LogP contribution < -0.4 is 10.2 Å². The molecule has 0 spiro atoms. The van der Waals surface area contributed by atoms with Crippen LogP contribution in [0.25, 0.3) is 27.7 Å². The maximum Gasteiger partial charge on any atom is 0.262 e. The highest BCUT2D eigenvalue weighted by molar-refractivity contribution is 6.04. The largest absolute Gasteiger partial charge is 0.456 e. The smallest absolute Gasteiger partial charge is 0.262 e. The Morgan fingerprint density at radius 3 is 2.56 bits per heavy atom. The number of carbonyl (C=O) groups excluding carboxylic acids is 1. The van der Waals surface area contributed by atoms with E-state index >= 15 is 0 Å². The quantitative estimate of drug-likeness (QED) is 0.328. The summed E-state index contributed by atoms with van der Waals surface area (Å²) in [7, 11) is 3.72. The molecular formula is C27H30N4O3. The first kappa shape index (κ1) is 23.6. The van der Waals surface area contributed by atoms with Crippen LogP contribution in [0.3, 0.4) is 0 Å². The highest BCUT2D eigenvalue weighted by atomic mass is 16.5. The Morgan fingerprint density at radius 1 is 1.09 bits per heavy atom. The normalized spacial score (nSPS) is 15.2. The molecular weight excluding hydrogens is 428 g/mol. The molecule has 2 heterocycles. The molecule has 1 fully saturated rings. The fourth-order valence-corrected chi connectivity index (χ4v) is 4.13. The van der Waals surface area contributed by atoms with E-state index in [0.29, 0.717) is 30.2 Å². The third kappa shape index (κ3) is 5.14. The number of hydrogen-bond acceptors (Lipinski definition) is 6. The van der Waals surface area contributed by atoms with Gasteiger partial charge in [0.25, 0.3) is 5.91 Å². The van der Waals surface area contributed by atoms with Crippen LogP contribution in [-0.2, 0) is 9.53 Å². The number of likely N-dealkylation sites (N-methyl/N-ethyl adjacent to an activating group) is 1. The number of nitriles is 1. The van der Waals surface area contributed by atoms with Crippen LogP contribution in [-0.4, -0.2) is 64.3 Å². The molecule has 1 saturated heterocycles. The first-order chi connectivity index (χ1) is 16.5. The Labute approximate surface area is 200 Å². The topological polar surface area (TPSA) is 81.7 Å². The van der Waals surface area contributed by atoms with Gasteiger partial charge in [-0.1, -0.05) is 18.2 Å². The lowest BCUT2D eigenvalue weighted by atomic mass is 10.0. The van der Waals surface area contributed by atoms with Crippen molar-refractivity contribution in [2.24, 2.45) is 0 Å². The van der Waals surface area contributed by atoms with Crippen molar-refractivity contribution in [3.05, 3.63) is 59.9 Å². The lowest BCUT2D eigenvalue weighted by Gasteiger charge is -2.34. The minimum Gasteiger partial charge on any atom is -0.456 e. The number of methoxy groups -OCH3 is 1. The van der Waals surface area contributed by atoms with E-state index in [9.17, 15) is 10.1 Å². The standard InChI is InChI=1S/C27H30N4O3/c1-19(24(18-28)27(32)29-10-15-33-3)25-8-9-26(34-25)22-5-4-21-17-23(7-6-20(21)16-22)31-13-11-30(2)12-14-31/h4-9,16-17H,10-15H2,1-3H3,(H,29,32)/b24-19+. The van der Waals surface area contributed by atoms with Crippen LogP contribution in [0.15, 0.2) is 58.5 Å². The summed E-state index contributed by atoms with van der Waals surface area (Å²) < 4.78 is 11.0. The number of fused-ring (bicyclic) bond motifs is 1. The molecule has 1 aliphatic heterocycles. The first-order valence-electron chi connectivity index (χ1n) is 11.5. The van der Waals surface area contributed by atoms with Crippen molar-refractivity contribution in [1.29, 1.82) is 5.26 Å². The van der Waals surface area contributed by atoms with Crippen molar-refractivity contribution in [2.75, 3.05) is 58.4 Å². The van der Waals surface area contributed by atoms with E-state index in [1.54, 1.807) is 20.1 Å². The second kappa shape index (κ2) is 10.6. The number of allylic oxidation sites excluding steroid dienone is 1. The predicted molar refractivity (Wildman–Crippen MR) is 134 cm³/mol. The van der Waals surface area contributed by atoms with Gasteiger partial charge in [0.15, 0.2) is 0 Å².